The highest BCUT2D eigenvalue weighted by atomic mass is 32.2. The summed E-state index contributed by atoms with van der Waals surface area (Å²) in [5, 5.41) is 4.44. The van der Waals surface area contributed by atoms with Crippen molar-refractivity contribution in [2.45, 2.75) is 39.2 Å². The maximum atomic E-state index is 4.66. The van der Waals surface area contributed by atoms with E-state index < -0.39 is 0 Å². The second-order valence-corrected chi connectivity index (χ2v) is 6.39. The normalized spacial score (nSPS) is 18.3. The van der Waals surface area contributed by atoms with Crippen molar-refractivity contribution < 1.29 is 0 Å². The van der Waals surface area contributed by atoms with Crippen LogP contribution in [0.5, 0.6) is 0 Å². The van der Waals surface area contributed by atoms with Gasteiger partial charge in [-0.05, 0) is 37.5 Å². The van der Waals surface area contributed by atoms with Gasteiger partial charge in [-0.3, -0.25) is 4.99 Å². The molecule has 1 aliphatic heterocycles. The van der Waals surface area contributed by atoms with Gasteiger partial charge in [-0.25, -0.2) is 0 Å². The lowest BCUT2D eigenvalue weighted by molar-refractivity contribution is 0.605. The lowest BCUT2D eigenvalue weighted by Gasteiger charge is -2.10. The molecule has 0 spiro atoms. The first-order valence-corrected chi connectivity index (χ1v) is 7.04. The molecule has 0 saturated carbocycles. The van der Waals surface area contributed by atoms with E-state index in [4.69, 9.17) is 0 Å². The first-order valence-electron chi connectivity index (χ1n) is 6.06. The largest absolute Gasteiger partial charge is 0.335 e. The van der Waals surface area contributed by atoms with Crippen LogP contribution >= 0.6 is 11.8 Å². The summed E-state index contributed by atoms with van der Waals surface area (Å²) in [5.74, 6) is 1.62. The molecule has 0 saturated heterocycles. The van der Waals surface area contributed by atoms with Crippen LogP contribution in [0, 0.1) is 0 Å². The van der Waals surface area contributed by atoms with Gasteiger partial charge < -0.3 is 5.32 Å². The number of aliphatic imine (C=N–C) groups is 1. The van der Waals surface area contributed by atoms with Crippen LogP contribution in [0.1, 0.15) is 39.2 Å². The van der Waals surface area contributed by atoms with E-state index >= 15 is 0 Å². The summed E-state index contributed by atoms with van der Waals surface area (Å²) in [5.41, 5.74) is 2.57. The molecule has 0 unspecified atom stereocenters. The van der Waals surface area contributed by atoms with E-state index in [1.165, 1.54) is 5.56 Å². The molecule has 17 heavy (non-hydrogen) atoms. The van der Waals surface area contributed by atoms with Gasteiger partial charge in [0.05, 0.1) is 5.54 Å². The van der Waals surface area contributed by atoms with Gasteiger partial charge in [0, 0.05) is 11.4 Å². The number of anilines is 1. The van der Waals surface area contributed by atoms with E-state index in [0.29, 0.717) is 5.92 Å². The highest BCUT2D eigenvalue weighted by molar-refractivity contribution is 8.14. The highest BCUT2D eigenvalue weighted by Gasteiger charge is 2.25. The fourth-order valence-electron chi connectivity index (χ4n) is 1.75. The average molecular weight is 248 g/mol. The quantitative estimate of drug-likeness (QED) is 0.852. The first kappa shape index (κ1) is 12.5. The molecular formula is C14H20N2S. The molecule has 1 aliphatic rings. The minimum Gasteiger partial charge on any atom is -0.335 e. The van der Waals surface area contributed by atoms with Crippen LogP contribution in [0.4, 0.5) is 5.69 Å². The Morgan fingerprint density at radius 2 is 2.12 bits per heavy atom. The zero-order valence-corrected chi connectivity index (χ0v) is 11.8. The Balaban J connectivity index is 2.12. The molecule has 2 rings (SSSR count). The van der Waals surface area contributed by atoms with Crippen molar-refractivity contribution in [2.24, 2.45) is 4.99 Å². The molecule has 0 fully saturated rings. The molecule has 92 valence electrons. The minimum absolute atomic E-state index is 0.0721. The van der Waals surface area contributed by atoms with Gasteiger partial charge in [0.25, 0.3) is 0 Å². The third-order valence-electron chi connectivity index (χ3n) is 2.77. The van der Waals surface area contributed by atoms with Gasteiger partial charge in [0.15, 0.2) is 5.17 Å². The van der Waals surface area contributed by atoms with Crippen molar-refractivity contribution in [1.82, 2.24) is 0 Å². The number of hydrogen-bond donors (Lipinski definition) is 1. The molecule has 1 aromatic carbocycles. The molecule has 0 amide bonds. The van der Waals surface area contributed by atoms with Crippen molar-refractivity contribution in [2.75, 3.05) is 11.1 Å². The second-order valence-electron chi connectivity index (χ2n) is 5.42. The highest BCUT2D eigenvalue weighted by Crippen LogP contribution is 2.28. The summed E-state index contributed by atoms with van der Waals surface area (Å²) in [6.45, 7) is 8.76. The van der Waals surface area contributed by atoms with E-state index in [1.807, 2.05) is 0 Å². The number of hydrogen-bond acceptors (Lipinski definition) is 3. The molecule has 1 heterocycles. The second kappa shape index (κ2) is 4.73. The maximum absolute atomic E-state index is 4.66. The van der Waals surface area contributed by atoms with Gasteiger partial charge in [0.2, 0.25) is 0 Å². The fraction of sp³-hybridized carbons (Fsp3) is 0.500. The predicted molar refractivity (Wildman–Crippen MR) is 78.1 cm³/mol. The zero-order valence-electron chi connectivity index (χ0n) is 10.9. The van der Waals surface area contributed by atoms with Gasteiger partial charge in [0.1, 0.15) is 0 Å². The summed E-state index contributed by atoms with van der Waals surface area (Å²) in [4.78, 5) is 4.66. The van der Waals surface area contributed by atoms with Crippen LogP contribution in [-0.4, -0.2) is 16.5 Å². The van der Waals surface area contributed by atoms with Crippen LogP contribution < -0.4 is 5.32 Å². The zero-order chi connectivity index (χ0) is 12.5. The Kier molecular flexibility index (Phi) is 3.48. The molecule has 3 heteroatoms. The van der Waals surface area contributed by atoms with E-state index in [2.05, 4.69) is 62.3 Å². The van der Waals surface area contributed by atoms with Crippen LogP contribution in [0.15, 0.2) is 29.3 Å². The lowest BCUT2D eigenvalue weighted by atomic mass is 10.0. The summed E-state index contributed by atoms with van der Waals surface area (Å²) >= 11 is 1.80. The van der Waals surface area contributed by atoms with Crippen molar-refractivity contribution in [3.05, 3.63) is 29.8 Å². The van der Waals surface area contributed by atoms with Crippen molar-refractivity contribution in [1.29, 1.82) is 0 Å². The molecule has 0 radical (unpaired) electrons. The van der Waals surface area contributed by atoms with E-state index in [9.17, 15) is 0 Å². The topological polar surface area (TPSA) is 24.4 Å². The average Bonchev–Trinajstić information content (AvgIpc) is 2.58. The number of amidine groups is 1. The Morgan fingerprint density at radius 1 is 1.35 bits per heavy atom. The number of benzene rings is 1. The SMILES string of the molecule is CC(C)c1cccc(NC2=NC(C)(C)CS2)c1. The number of rotatable bonds is 2. The predicted octanol–water partition coefficient (Wildman–Crippen LogP) is 4.10. The third kappa shape index (κ3) is 3.25. The van der Waals surface area contributed by atoms with Crippen LogP contribution in [0.25, 0.3) is 0 Å². The van der Waals surface area contributed by atoms with Crippen LogP contribution in [0.2, 0.25) is 0 Å². The molecular weight excluding hydrogens is 228 g/mol. The smallest absolute Gasteiger partial charge is 0.161 e. The number of nitrogens with one attached hydrogen (secondary N) is 1. The van der Waals surface area contributed by atoms with Gasteiger partial charge in [-0.1, -0.05) is 37.7 Å². The molecule has 1 N–H and O–H groups in total. The monoisotopic (exact) mass is 248 g/mol. The van der Waals surface area contributed by atoms with Crippen molar-refractivity contribution in [3.63, 3.8) is 0 Å². The van der Waals surface area contributed by atoms with E-state index in [-0.39, 0.29) is 5.54 Å². The summed E-state index contributed by atoms with van der Waals surface area (Å²) in [6, 6.07) is 8.58. The summed E-state index contributed by atoms with van der Waals surface area (Å²) < 4.78 is 0. The Morgan fingerprint density at radius 3 is 2.71 bits per heavy atom. The van der Waals surface area contributed by atoms with E-state index in [0.717, 1.165) is 16.6 Å². The van der Waals surface area contributed by atoms with Crippen molar-refractivity contribution >= 4 is 22.6 Å². The van der Waals surface area contributed by atoms with Crippen LogP contribution in [-0.2, 0) is 0 Å². The molecule has 0 atom stereocenters. The summed E-state index contributed by atoms with van der Waals surface area (Å²) in [6.07, 6.45) is 0. The summed E-state index contributed by atoms with van der Waals surface area (Å²) in [7, 11) is 0. The van der Waals surface area contributed by atoms with E-state index in [1.54, 1.807) is 11.8 Å². The van der Waals surface area contributed by atoms with Gasteiger partial charge in [-0.2, -0.15) is 0 Å². The number of nitrogens with zero attached hydrogens (tertiary/aromatic N) is 1. The lowest BCUT2D eigenvalue weighted by Crippen LogP contribution is -2.15. The van der Waals surface area contributed by atoms with Gasteiger partial charge in [-0.15, -0.1) is 0 Å². The molecule has 1 aromatic rings. The van der Waals surface area contributed by atoms with Crippen LogP contribution in [0.3, 0.4) is 0 Å². The minimum atomic E-state index is 0.0721. The molecule has 0 bridgehead atoms. The third-order valence-corrected chi connectivity index (χ3v) is 4.09. The Hall–Kier alpha value is -0.960. The number of thioether (sulfide) groups is 1. The molecule has 0 aliphatic carbocycles. The maximum Gasteiger partial charge on any atom is 0.161 e. The first-order chi connectivity index (χ1) is 7.96. The molecule has 2 nitrogen and oxygen atoms in total. The standard InChI is InChI=1S/C14H20N2S/c1-10(2)11-6-5-7-12(8-11)15-13-16-14(3,4)9-17-13/h5-8,10H,9H2,1-4H3,(H,15,16). The van der Waals surface area contributed by atoms with Crippen molar-refractivity contribution in [3.8, 4) is 0 Å². The molecule has 0 aromatic heterocycles. The Bertz CT molecular complexity index is 436. The van der Waals surface area contributed by atoms with Gasteiger partial charge >= 0.3 is 0 Å². The Labute approximate surface area is 108 Å². The fourth-order valence-corrected chi connectivity index (χ4v) is 2.80.